The average Bonchev–Trinajstić information content (AvgIpc) is 3.27. The summed E-state index contributed by atoms with van der Waals surface area (Å²) >= 11 is 0. The molecule has 0 radical (unpaired) electrons. The van der Waals surface area contributed by atoms with Crippen LogP contribution < -0.4 is 5.32 Å². The molecule has 4 nitrogen and oxygen atoms in total. The Hall–Kier alpha value is -2.83. The zero-order valence-corrected chi connectivity index (χ0v) is 15.4. The van der Waals surface area contributed by atoms with Crippen LogP contribution in [0.5, 0.6) is 0 Å². The van der Waals surface area contributed by atoms with Crippen molar-refractivity contribution in [2.45, 2.75) is 44.8 Å². The number of benzene rings is 2. The maximum atomic E-state index is 13.2. The third-order valence-electron chi connectivity index (χ3n) is 5.29. The Morgan fingerprint density at radius 2 is 1.86 bits per heavy atom. The first kappa shape index (κ1) is 18.5. The van der Waals surface area contributed by atoms with E-state index in [1.54, 1.807) is 18.2 Å². The van der Waals surface area contributed by atoms with Crippen LogP contribution in [0, 0.1) is 6.92 Å². The largest absolute Gasteiger partial charge is 0.417 e. The summed E-state index contributed by atoms with van der Waals surface area (Å²) in [6.07, 6.45) is -0.0668. The van der Waals surface area contributed by atoms with Gasteiger partial charge in [0, 0.05) is 11.7 Å². The third kappa shape index (κ3) is 3.37. The quantitative estimate of drug-likeness (QED) is 0.624. The van der Waals surface area contributed by atoms with Crippen molar-refractivity contribution >= 4 is 22.6 Å². The zero-order valence-electron chi connectivity index (χ0n) is 15.4. The molecule has 0 spiro atoms. The van der Waals surface area contributed by atoms with Crippen LogP contribution in [0.15, 0.2) is 42.5 Å². The number of hydrogen-bond donors (Lipinski definition) is 1. The normalized spacial score (nSPS) is 15.3. The molecule has 1 heterocycles. The van der Waals surface area contributed by atoms with Gasteiger partial charge in [0.25, 0.3) is 5.91 Å². The van der Waals surface area contributed by atoms with Gasteiger partial charge in [-0.05, 0) is 50.1 Å². The molecule has 28 heavy (non-hydrogen) atoms. The van der Waals surface area contributed by atoms with E-state index in [0.29, 0.717) is 11.7 Å². The number of aromatic nitrogens is 2. The van der Waals surface area contributed by atoms with Crippen molar-refractivity contribution in [2.75, 3.05) is 5.32 Å². The number of halogens is 3. The number of imidazole rings is 1. The first-order valence-corrected chi connectivity index (χ1v) is 9.31. The molecular weight excluding hydrogens is 367 g/mol. The molecule has 3 aromatic rings. The first-order chi connectivity index (χ1) is 13.3. The molecular formula is C21H20F3N3O. The van der Waals surface area contributed by atoms with E-state index in [1.807, 2.05) is 6.92 Å². The van der Waals surface area contributed by atoms with Crippen LogP contribution in [0.4, 0.5) is 18.9 Å². The molecule has 146 valence electrons. The lowest BCUT2D eigenvalue weighted by Crippen LogP contribution is -2.18. The van der Waals surface area contributed by atoms with Crippen LogP contribution in [0.25, 0.3) is 11.0 Å². The van der Waals surface area contributed by atoms with Gasteiger partial charge in [-0.25, -0.2) is 4.98 Å². The summed E-state index contributed by atoms with van der Waals surface area (Å²) in [4.78, 5) is 17.1. The minimum atomic E-state index is -4.59. The number of anilines is 1. The van der Waals surface area contributed by atoms with E-state index in [-0.39, 0.29) is 0 Å². The molecule has 0 aliphatic heterocycles. The number of nitrogens with one attached hydrogen (secondary N) is 1. The Labute approximate surface area is 160 Å². The van der Waals surface area contributed by atoms with Crippen LogP contribution in [-0.4, -0.2) is 15.5 Å². The molecule has 0 unspecified atom stereocenters. The molecule has 0 bridgehead atoms. The summed E-state index contributed by atoms with van der Waals surface area (Å²) in [6.45, 7) is 1.95. The second-order valence-corrected chi connectivity index (χ2v) is 7.17. The predicted octanol–water partition coefficient (Wildman–Crippen LogP) is 5.73. The van der Waals surface area contributed by atoms with E-state index in [1.165, 1.54) is 31.0 Å². The molecule has 1 aliphatic rings. The first-order valence-electron chi connectivity index (χ1n) is 9.31. The van der Waals surface area contributed by atoms with Gasteiger partial charge in [0.1, 0.15) is 5.82 Å². The second kappa shape index (κ2) is 6.96. The second-order valence-electron chi connectivity index (χ2n) is 7.17. The van der Waals surface area contributed by atoms with Crippen LogP contribution in [-0.2, 0) is 6.18 Å². The van der Waals surface area contributed by atoms with Gasteiger partial charge >= 0.3 is 6.18 Å². The lowest BCUT2D eigenvalue weighted by molar-refractivity contribution is -0.137. The number of aryl methyl sites for hydroxylation is 1. The molecule has 1 aromatic heterocycles. The number of hydrogen-bond acceptors (Lipinski definition) is 2. The smallest absolute Gasteiger partial charge is 0.325 e. The summed E-state index contributed by atoms with van der Waals surface area (Å²) < 4.78 is 41.8. The molecule has 1 aliphatic carbocycles. The van der Waals surface area contributed by atoms with Gasteiger partial charge < -0.3 is 9.88 Å². The standard InChI is InChI=1S/C21H20F3N3O/c1-13-25-18-11-10-14(12-19(18)27(13)15-6-2-3-7-15)26-20(28)16-8-4-5-9-17(16)21(22,23)24/h4-5,8-12,15H,2-3,6-7H2,1H3,(H,26,28). The van der Waals surface area contributed by atoms with Gasteiger partial charge in [0.05, 0.1) is 22.2 Å². The van der Waals surface area contributed by atoms with E-state index >= 15 is 0 Å². The predicted molar refractivity (Wildman–Crippen MR) is 101 cm³/mol. The van der Waals surface area contributed by atoms with Crippen LogP contribution in [0.2, 0.25) is 0 Å². The minimum Gasteiger partial charge on any atom is -0.325 e. The topological polar surface area (TPSA) is 46.9 Å². The van der Waals surface area contributed by atoms with Gasteiger partial charge in [-0.15, -0.1) is 0 Å². The molecule has 1 fully saturated rings. The monoisotopic (exact) mass is 387 g/mol. The summed E-state index contributed by atoms with van der Waals surface area (Å²) in [5.74, 6) is 0.128. The van der Waals surface area contributed by atoms with Gasteiger partial charge in [-0.1, -0.05) is 25.0 Å². The summed E-state index contributed by atoms with van der Waals surface area (Å²) in [6, 6.07) is 10.4. The van der Waals surface area contributed by atoms with Crippen molar-refractivity contribution in [3.63, 3.8) is 0 Å². The molecule has 0 saturated heterocycles. The number of carbonyl (C=O) groups excluding carboxylic acids is 1. The number of fused-ring (bicyclic) bond motifs is 1. The Morgan fingerprint density at radius 1 is 1.14 bits per heavy atom. The summed E-state index contributed by atoms with van der Waals surface area (Å²) in [5.41, 5.74) is 0.828. The van der Waals surface area contributed by atoms with Crippen molar-refractivity contribution in [1.29, 1.82) is 0 Å². The van der Waals surface area contributed by atoms with Gasteiger partial charge in [0.2, 0.25) is 0 Å². The van der Waals surface area contributed by atoms with E-state index in [4.69, 9.17) is 0 Å². The number of rotatable bonds is 3. The number of nitrogens with zero attached hydrogens (tertiary/aromatic N) is 2. The SMILES string of the molecule is Cc1nc2ccc(NC(=O)c3ccccc3C(F)(F)F)cc2n1C1CCCC1. The van der Waals surface area contributed by atoms with Gasteiger partial charge in [0.15, 0.2) is 0 Å². The third-order valence-corrected chi connectivity index (χ3v) is 5.29. The van der Waals surface area contributed by atoms with Crippen LogP contribution >= 0.6 is 0 Å². The number of amides is 1. The van der Waals surface area contributed by atoms with E-state index in [0.717, 1.165) is 35.8 Å². The fourth-order valence-electron chi connectivity index (χ4n) is 4.04. The zero-order chi connectivity index (χ0) is 19.9. The van der Waals surface area contributed by atoms with Crippen molar-refractivity contribution in [3.8, 4) is 0 Å². The molecule has 1 amide bonds. The van der Waals surface area contributed by atoms with Crippen molar-refractivity contribution in [2.24, 2.45) is 0 Å². The highest BCUT2D eigenvalue weighted by Crippen LogP contribution is 2.35. The molecule has 2 aromatic carbocycles. The lowest BCUT2D eigenvalue weighted by atomic mass is 10.1. The average molecular weight is 387 g/mol. The van der Waals surface area contributed by atoms with E-state index in [9.17, 15) is 18.0 Å². The summed E-state index contributed by atoms with van der Waals surface area (Å²) in [5, 5.41) is 2.61. The number of alkyl halides is 3. The minimum absolute atomic E-state index is 0.377. The highest BCUT2D eigenvalue weighted by Gasteiger charge is 2.34. The fraction of sp³-hybridized carbons (Fsp3) is 0.333. The molecule has 7 heteroatoms. The summed E-state index contributed by atoms with van der Waals surface area (Å²) in [7, 11) is 0. The Morgan fingerprint density at radius 3 is 2.57 bits per heavy atom. The van der Waals surface area contributed by atoms with E-state index < -0.39 is 23.2 Å². The van der Waals surface area contributed by atoms with Crippen LogP contribution in [0.1, 0.15) is 53.5 Å². The Bertz CT molecular complexity index is 1030. The lowest BCUT2D eigenvalue weighted by Gasteiger charge is -2.15. The van der Waals surface area contributed by atoms with Crippen molar-refractivity contribution < 1.29 is 18.0 Å². The highest BCUT2D eigenvalue weighted by atomic mass is 19.4. The van der Waals surface area contributed by atoms with Gasteiger partial charge in [-0.3, -0.25) is 4.79 Å². The van der Waals surface area contributed by atoms with Crippen molar-refractivity contribution in [3.05, 3.63) is 59.4 Å². The highest BCUT2D eigenvalue weighted by molar-refractivity contribution is 6.06. The van der Waals surface area contributed by atoms with E-state index in [2.05, 4.69) is 14.9 Å². The Kier molecular flexibility index (Phi) is 4.61. The van der Waals surface area contributed by atoms with Crippen LogP contribution in [0.3, 0.4) is 0 Å². The maximum Gasteiger partial charge on any atom is 0.417 e. The molecule has 1 saturated carbocycles. The van der Waals surface area contributed by atoms with Crippen molar-refractivity contribution in [1.82, 2.24) is 9.55 Å². The van der Waals surface area contributed by atoms with Gasteiger partial charge in [-0.2, -0.15) is 13.2 Å². The Balaban J connectivity index is 1.67. The molecule has 0 atom stereocenters. The maximum absolute atomic E-state index is 13.2. The molecule has 4 rings (SSSR count). The molecule has 1 N–H and O–H groups in total. The number of carbonyl (C=O) groups is 1. The fourth-order valence-corrected chi connectivity index (χ4v) is 4.04.